The lowest BCUT2D eigenvalue weighted by Gasteiger charge is -2.30. The predicted molar refractivity (Wildman–Crippen MR) is 155 cm³/mol. The number of carbonyl (C=O) groups excluding carboxylic acids is 5. The topological polar surface area (TPSA) is 101 Å². The average molecular weight is 658 g/mol. The highest BCUT2D eigenvalue weighted by Crippen LogP contribution is 2.39. The third-order valence-corrected chi connectivity index (χ3v) is 8.49. The Bertz CT molecular complexity index is 1520. The highest BCUT2D eigenvalue weighted by molar-refractivity contribution is 9.10. The number of benzene rings is 3. The third-order valence-electron chi connectivity index (χ3n) is 7.22. The van der Waals surface area contributed by atoms with E-state index in [2.05, 4.69) is 15.9 Å². The van der Waals surface area contributed by atoms with Gasteiger partial charge in [0, 0.05) is 15.6 Å². The summed E-state index contributed by atoms with van der Waals surface area (Å²) >= 11 is 15.4. The van der Waals surface area contributed by atoms with E-state index >= 15 is 0 Å². The number of halogens is 3. The van der Waals surface area contributed by atoms with Crippen LogP contribution in [0.1, 0.15) is 56.8 Å². The van der Waals surface area contributed by atoms with Gasteiger partial charge in [0.25, 0.3) is 17.7 Å². The second-order valence-corrected chi connectivity index (χ2v) is 11.6. The van der Waals surface area contributed by atoms with Gasteiger partial charge in [-0.2, -0.15) is 5.01 Å². The number of nitrogens with zero attached hydrogens (tertiary/aromatic N) is 2. The molecule has 0 aromatic heterocycles. The van der Waals surface area contributed by atoms with Crippen LogP contribution in [0.3, 0.4) is 0 Å². The fourth-order valence-corrected chi connectivity index (χ4v) is 5.64. The molecule has 1 aliphatic carbocycles. The van der Waals surface area contributed by atoms with Crippen molar-refractivity contribution in [1.82, 2.24) is 10.0 Å². The van der Waals surface area contributed by atoms with Gasteiger partial charge in [-0.05, 0) is 79.6 Å². The molecule has 0 unspecified atom stereocenters. The van der Waals surface area contributed by atoms with Crippen molar-refractivity contribution in [1.29, 1.82) is 0 Å². The number of hydrogen-bond donors (Lipinski definition) is 0. The fourth-order valence-electron chi connectivity index (χ4n) is 5.08. The van der Waals surface area contributed by atoms with Crippen LogP contribution in [-0.2, 0) is 9.59 Å². The zero-order valence-electron chi connectivity index (χ0n) is 21.5. The number of amides is 3. The Balaban J connectivity index is 1.38. The van der Waals surface area contributed by atoms with E-state index in [1.54, 1.807) is 24.3 Å². The molecule has 1 saturated heterocycles. The maximum absolute atomic E-state index is 13.7. The van der Waals surface area contributed by atoms with Crippen LogP contribution in [0.2, 0.25) is 10.0 Å². The van der Waals surface area contributed by atoms with Gasteiger partial charge in [0.15, 0.2) is 5.78 Å². The van der Waals surface area contributed by atoms with Crippen molar-refractivity contribution in [3.8, 4) is 5.75 Å². The molecular formula is C30H23BrCl2N2O6. The summed E-state index contributed by atoms with van der Waals surface area (Å²) in [5, 5.41) is 2.07. The summed E-state index contributed by atoms with van der Waals surface area (Å²) in [7, 11) is 0. The number of hydrazine groups is 1. The Morgan fingerprint density at radius 1 is 0.805 bits per heavy atom. The summed E-state index contributed by atoms with van der Waals surface area (Å²) in [5.41, 5.74) is 0.611. The highest BCUT2D eigenvalue weighted by Gasteiger charge is 2.51. The van der Waals surface area contributed by atoms with E-state index in [4.69, 9.17) is 27.9 Å². The van der Waals surface area contributed by atoms with Crippen LogP contribution in [0.4, 0.5) is 0 Å². The lowest BCUT2D eigenvalue weighted by atomic mass is 9.81. The van der Waals surface area contributed by atoms with E-state index in [0.717, 1.165) is 27.3 Å². The molecule has 1 aliphatic heterocycles. The van der Waals surface area contributed by atoms with E-state index in [1.807, 2.05) is 0 Å². The van der Waals surface area contributed by atoms with Crippen LogP contribution < -0.4 is 4.74 Å². The van der Waals surface area contributed by atoms with E-state index in [-0.39, 0.29) is 26.9 Å². The van der Waals surface area contributed by atoms with Crippen LogP contribution in [0.15, 0.2) is 71.2 Å². The zero-order chi connectivity index (χ0) is 29.3. The number of fused-ring (bicyclic) bond motifs is 1. The second kappa shape index (κ2) is 12.1. The molecule has 2 atom stereocenters. The Kier molecular flexibility index (Phi) is 8.58. The summed E-state index contributed by atoms with van der Waals surface area (Å²) in [6, 6.07) is 16.6. The monoisotopic (exact) mass is 656 g/mol. The van der Waals surface area contributed by atoms with Gasteiger partial charge in [-0.15, -0.1) is 0 Å². The number of ketones is 1. The lowest BCUT2D eigenvalue weighted by Crippen LogP contribution is -2.52. The molecule has 2 aliphatic rings. The van der Waals surface area contributed by atoms with Gasteiger partial charge in [0.1, 0.15) is 12.3 Å². The quantitative estimate of drug-likeness (QED) is 0.126. The van der Waals surface area contributed by atoms with E-state index in [1.165, 1.54) is 42.5 Å². The number of rotatable bonds is 7. The second-order valence-electron chi connectivity index (χ2n) is 9.82. The number of esters is 1. The molecule has 11 heteroatoms. The minimum Gasteiger partial charge on any atom is -0.423 e. The van der Waals surface area contributed by atoms with Gasteiger partial charge in [0.2, 0.25) is 0 Å². The van der Waals surface area contributed by atoms with Crippen molar-refractivity contribution in [3.63, 3.8) is 0 Å². The first-order chi connectivity index (χ1) is 19.6. The van der Waals surface area contributed by atoms with Gasteiger partial charge in [-0.3, -0.25) is 19.2 Å². The number of imide groups is 1. The highest BCUT2D eigenvalue weighted by atomic mass is 79.9. The zero-order valence-corrected chi connectivity index (χ0v) is 24.6. The average Bonchev–Trinajstić information content (AvgIpc) is 3.22. The van der Waals surface area contributed by atoms with Crippen molar-refractivity contribution in [3.05, 3.63) is 97.9 Å². The Hall–Kier alpha value is -3.53. The van der Waals surface area contributed by atoms with E-state index in [9.17, 15) is 24.0 Å². The van der Waals surface area contributed by atoms with Crippen molar-refractivity contribution in [2.75, 3.05) is 6.54 Å². The number of ether oxygens (including phenoxy) is 1. The molecule has 0 N–H and O–H groups in total. The van der Waals surface area contributed by atoms with Crippen molar-refractivity contribution in [2.45, 2.75) is 25.7 Å². The third kappa shape index (κ3) is 6.07. The first-order valence-electron chi connectivity index (χ1n) is 12.9. The molecule has 0 bridgehead atoms. The predicted octanol–water partition coefficient (Wildman–Crippen LogP) is 6.39. The van der Waals surface area contributed by atoms with Crippen molar-refractivity contribution < 1.29 is 28.7 Å². The van der Waals surface area contributed by atoms with Crippen LogP contribution >= 0.6 is 39.1 Å². The smallest absolute Gasteiger partial charge is 0.343 e. The van der Waals surface area contributed by atoms with Crippen LogP contribution in [-0.4, -0.2) is 46.0 Å². The van der Waals surface area contributed by atoms with Gasteiger partial charge in [-0.1, -0.05) is 52.0 Å². The first-order valence-corrected chi connectivity index (χ1v) is 14.4. The standard InChI is InChI=1S/C30H23BrCl2N2O6/c31-20-10-5-18(6-11-20)30(40)41-21-12-7-17(8-13-21)26(36)16-34(27(37)19-9-14-24(32)25(33)15-19)35-28(38)22-3-1-2-4-23(22)29(35)39/h5-15,22-23H,1-4,16H2/t22-,23-/m1/s1. The summed E-state index contributed by atoms with van der Waals surface area (Å²) in [6.45, 7) is -0.575. The van der Waals surface area contributed by atoms with Crippen LogP contribution in [0.25, 0.3) is 0 Å². The van der Waals surface area contributed by atoms with Gasteiger partial charge >= 0.3 is 5.97 Å². The normalized spacial score (nSPS) is 18.2. The molecule has 2 fully saturated rings. The number of carbonyl (C=O) groups is 5. The number of Topliss-reactive ketones (excluding diaryl/α,β-unsaturated/α-hetero) is 1. The van der Waals surface area contributed by atoms with E-state index < -0.39 is 47.9 Å². The van der Waals surface area contributed by atoms with Gasteiger partial charge in [-0.25, -0.2) is 9.80 Å². The summed E-state index contributed by atoms with van der Waals surface area (Å²) in [5.74, 6) is -3.64. The van der Waals surface area contributed by atoms with Crippen LogP contribution in [0.5, 0.6) is 5.75 Å². The molecule has 1 heterocycles. The molecule has 210 valence electrons. The van der Waals surface area contributed by atoms with Crippen molar-refractivity contribution in [2.24, 2.45) is 11.8 Å². The Labute approximate surface area is 254 Å². The molecule has 8 nitrogen and oxygen atoms in total. The molecule has 0 spiro atoms. The summed E-state index contributed by atoms with van der Waals surface area (Å²) in [4.78, 5) is 66.2. The summed E-state index contributed by atoms with van der Waals surface area (Å²) < 4.78 is 6.20. The molecule has 3 aromatic rings. The van der Waals surface area contributed by atoms with Gasteiger partial charge in [0.05, 0.1) is 27.4 Å². The lowest BCUT2D eigenvalue weighted by molar-refractivity contribution is -0.154. The first kappa shape index (κ1) is 29.0. The largest absolute Gasteiger partial charge is 0.423 e. The summed E-state index contributed by atoms with van der Waals surface area (Å²) in [6.07, 6.45) is 2.72. The molecule has 1 saturated carbocycles. The molecule has 3 aromatic carbocycles. The minimum absolute atomic E-state index is 0.0675. The van der Waals surface area contributed by atoms with Crippen LogP contribution in [0, 0.1) is 11.8 Å². The van der Waals surface area contributed by atoms with Crippen molar-refractivity contribution >= 4 is 68.6 Å². The SMILES string of the molecule is O=C(CN(C(=O)c1ccc(Cl)c(Cl)c1)N1C(=O)[C@@H]2CCCC[C@H]2C1=O)c1ccc(OC(=O)c2ccc(Br)cc2)cc1. The molecule has 41 heavy (non-hydrogen) atoms. The fraction of sp³-hybridized carbons (Fsp3) is 0.233. The minimum atomic E-state index is -0.739. The van der Waals surface area contributed by atoms with Gasteiger partial charge < -0.3 is 4.74 Å². The maximum atomic E-state index is 13.7. The van der Waals surface area contributed by atoms with E-state index in [0.29, 0.717) is 18.4 Å². The Morgan fingerprint density at radius 3 is 1.95 bits per heavy atom. The molecular weight excluding hydrogens is 635 g/mol. The maximum Gasteiger partial charge on any atom is 0.343 e. The molecule has 0 radical (unpaired) electrons. The molecule has 3 amide bonds. The number of hydrogen-bond acceptors (Lipinski definition) is 6. The molecule has 5 rings (SSSR count). The Morgan fingerprint density at radius 2 is 1.37 bits per heavy atom.